The Kier molecular flexibility index (Phi) is 5.10. The van der Waals surface area contributed by atoms with Crippen LogP contribution in [0, 0.1) is 6.92 Å². The highest BCUT2D eigenvalue weighted by molar-refractivity contribution is 6.33. The van der Waals surface area contributed by atoms with Gasteiger partial charge in [0.15, 0.2) is 6.04 Å². The third-order valence-corrected chi connectivity index (χ3v) is 3.73. The lowest BCUT2D eigenvalue weighted by atomic mass is 10.1. The molecule has 0 aliphatic heterocycles. The summed E-state index contributed by atoms with van der Waals surface area (Å²) >= 11 is 12.2. The van der Waals surface area contributed by atoms with Gasteiger partial charge in [0.2, 0.25) is 0 Å². The quantitative estimate of drug-likeness (QED) is 0.834. The van der Waals surface area contributed by atoms with Gasteiger partial charge in [-0.3, -0.25) is 0 Å². The number of anilines is 1. The average Bonchev–Trinajstić information content (AvgIpc) is 2.48. The summed E-state index contributed by atoms with van der Waals surface area (Å²) < 4.78 is 4.87. The zero-order valence-corrected chi connectivity index (χ0v) is 13.2. The second-order valence-electron chi connectivity index (χ2n) is 4.58. The van der Waals surface area contributed by atoms with Gasteiger partial charge in [-0.25, -0.2) is 4.79 Å². The smallest absolute Gasteiger partial charge is 0.333 e. The molecular formula is C16H15Cl2NO2. The molecule has 0 saturated heterocycles. The third-order valence-electron chi connectivity index (χ3n) is 3.15. The lowest BCUT2D eigenvalue weighted by Crippen LogP contribution is -2.23. The number of carbonyl (C=O) groups is 1. The number of benzene rings is 2. The van der Waals surface area contributed by atoms with E-state index in [-0.39, 0.29) is 0 Å². The predicted molar refractivity (Wildman–Crippen MR) is 86.0 cm³/mol. The molecule has 5 heteroatoms. The van der Waals surface area contributed by atoms with Gasteiger partial charge in [0.25, 0.3) is 0 Å². The highest BCUT2D eigenvalue weighted by atomic mass is 35.5. The number of para-hydroxylation sites is 1. The van der Waals surface area contributed by atoms with Crippen LogP contribution >= 0.6 is 23.2 Å². The summed E-state index contributed by atoms with van der Waals surface area (Å²) in [5.41, 5.74) is 2.44. The van der Waals surface area contributed by atoms with Crippen LogP contribution in [0.2, 0.25) is 10.0 Å². The zero-order valence-electron chi connectivity index (χ0n) is 11.7. The van der Waals surface area contributed by atoms with Gasteiger partial charge in [-0.15, -0.1) is 0 Å². The molecule has 0 bridgehead atoms. The molecular weight excluding hydrogens is 309 g/mol. The van der Waals surface area contributed by atoms with E-state index in [4.69, 9.17) is 27.9 Å². The Hall–Kier alpha value is -1.71. The normalized spacial score (nSPS) is 11.8. The minimum Gasteiger partial charge on any atom is -0.467 e. The molecule has 1 unspecified atom stereocenters. The van der Waals surface area contributed by atoms with Crippen LogP contribution in [-0.2, 0) is 9.53 Å². The van der Waals surface area contributed by atoms with Crippen LogP contribution < -0.4 is 5.32 Å². The van der Waals surface area contributed by atoms with Gasteiger partial charge < -0.3 is 10.1 Å². The van der Waals surface area contributed by atoms with Crippen molar-refractivity contribution in [3.63, 3.8) is 0 Å². The summed E-state index contributed by atoms with van der Waals surface area (Å²) in [4.78, 5) is 12.1. The van der Waals surface area contributed by atoms with Gasteiger partial charge in [0.1, 0.15) is 0 Å². The Labute approximate surface area is 133 Å². The van der Waals surface area contributed by atoms with Crippen molar-refractivity contribution in [2.45, 2.75) is 13.0 Å². The Balaban J connectivity index is 2.42. The Morgan fingerprint density at radius 3 is 2.57 bits per heavy atom. The van der Waals surface area contributed by atoms with Crippen molar-refractivity contribution < 1.29 is 9.53 Å². The van der Waals surface area contributed by atoms with E-state index in [1.54, 1.807) is 18.2 Å². The number of nitrogens with one attached hydrogen (secondary N) is 1. The van der Waals surface area contributed by atoms with Gasteiger partial charge >= 0.3 is 5.97 Å². The lowest BCUT2D eigenvalue weighted by Gasteiger charge is -2.20. The Morgan fingerprint density at radius 2 is 1.90 bits per heavy atom. The molecule has 2 aromatic rings. The number of methoxy groups -OCH3 is 1. The van der Waals surface area contributed by atoms with E-state index in [9.17, 15) is 4.79 Å². The molecule has 0 amide bonds. The number of carbonyl (C=O) groups excluding carboxylic acids is 1. The largest absolute Gasteiger partial charge is 0.467 e. The maximum atomic E-state index is 12.1. The Morgan fingerprint density at radius 1 is 1.19 bits per heavy atom. The highest BCUT2D eigenvalue weighted by Gasteiger charge is 2.24. The van der Waals surface area contributed by atoms with Crippen molar-refractivity contribution in [2.24, 2.45) is 0 Å². The van der Waals surface area contributed by atoms with Crippen molar-refractivity contribution in [3.8, 4) is 0 Å². The van der Waals surface area contributed by atoms with Crippen LogP contribution in [0.4, 0.5) is 5.69 Å². The first-order valence-corrected chi connectivity index (χ1v) is 7.13. The minimum atomic E-state index is -0.720. The summed E-state index contributed by atoms with van der Waals surface area (Å²) in [5.74, 6) is -0.428. The van der Waals surface area contributed by atoms with Crippen LogP contribution in [-0.4, -0.2) is 13.1 Å². The zero-order chi connectivity index (χ0) is 15.4. The Bertz CT molecular complexity index is 658. The maximum absolute atomic E-state index is 12.1. The lowest BCUT2D eigenvalue weighted by molar-refractivity contribution is -0.141. The monoisotopic (exact) mass is 323 g/mol. The molecule has 0 spiro atoms. The number of hydrogen-bond donors (Lipinski definition) is 1. The van der Waals surface area contributed by atoms with Crippen LogP contribution in [0.1, 0.15) is 17.2 Å². The molecule has 0 aliphatic carbocycles. The van der Waals surface area contributed by atoms with Crippen LogP contribution in [0.3, 0.4) is 0 Å². The van der Waals surface area contributed by atoms with Crippen LogP contribution in [0.25, 0.3) is 0 Å². The number of halogens is 2. The van der Waals surface area contributed by atoms with Gasteiger partial charge in [0, 0.05) is 21.3 Å². The number of rotatable bonds is 4. The van der Waals surface area contributed by atoms with Crippen molar-refractivity contribution in [1.82, 2.24) is 0 Å². The van der Waals surface area contributed by atoms with Gasteiger partial charge in [-0.1, -0.05) is 41.4 Å². The molecule has 3 nitrogen and oxygen atoms in total. The highest BCUT2D eigenvalue weighted by Crippen LogP contribution is 2.30. The van der Waals surface area contributed by atoms with E-state index in [2.05, 4.69) is 5.32 Å². The van der Waals surface area contributed by atoms with Crippen LogP contribution in [0.15, 0.2) is 42.5 Å². The van der Waals surface area contributed by atoms with Crippen molar-refractivity contribution in [2.75, 3.05) is 12.4 Å². The summed E-state index contributed by atoms with van der Waals surface area (Å²) in [6.07, 6.45) is 0. The molecule has 110 valence electrons. The molecule has 1 N–H and O–H groups in total. The molecule has 0 aromatic heterocycles. The predicted octanol–water partition coefficient (Wildman–Crippen LogP) is 4.63. The number of aryl methyl sites for hydroxylation is 1. The van der Waals surface area contributed by atoms with E-state index in [0.29, 0.717) is 15.6 Å². The first-order chi connectivity index (χ1) is 10.0. The maximum Gasteiger partial charge on any atom is 0.333 e. The molecule has 2 aromatic carbocycles. The molecule has 0 aliphatic rings. The second kappa shape index (κ2) is 6.83. The fraction of sp³-hybridized carbons (Fsp3) is 0.188. The fourth-order valence-electron chi connectivity index (χ4n) is 2.01. The van der Waals surface area contributed by atoms with E-state index in [1.807, 2.05) is 31.2 Å². The van der Waals surface area contributed by atoms with E-state index < -0.39 is 12.0 Å². The average molecular weight is 324 g/mol. The van der Waals surface area contributed by atoms with Gasteiger partial charge in [-0.2, -0.15) is 0 Å². The molecule has 21 heavy (non-hydrogen) atoms. The minimum absolute atomic E-state index is 0.428. The van der Waals surface area contributed by atoms with Crippen molar-refractivity contribution in [1.29, 1.82) is 0 Å². The van der Waals surface area contributed by atoms with E-state index in [0.717, 1.165) is 11.3 Å². The van der Waals surface area contributed by atoms with Crippen molar-refractivity contribution in [3.05, 3.63) is 63.6 Å². The number of esters is 1. The molecule has 0 fully saturated rings. The van der Waals surface area contributed by atoms with Gasteiger partial charge in [-0.05, 0) is 36.8 Å². The van der Waals surface area contributed by atoms with Crippen LogP contribution in [0.5, 0.6) is 0 Å². The third kappa shape index (κ3) is 3.69. The standard InChI is InChI=1S/C16H15Cl2NO2/c1-10-5-3-4-6-14(10)19-15(16(20)21-2)12-9-11(17)7-8-13(12)18/h3-9,15,19H,1-2H3. The molecule has 0 saturated carbocycles. The summed E-state index contributed by atoms with van der Waals surface area (Å²) in [6, 6.07) is 12.0. The number of ether oxygens (including phenoxy) is 1. The van der Waals surface area contributed by atoms with E-state index in [1.165, 1.54) is 7.11 Å². The summed E-state index contributed by atoms with van der Waals surface area (Å²) in [6.45, 7) is 1.95. The first kappa shape index (κ1) is 15.7. The summed E-state index contributed by atoms with van der Waals surface area (Å²) in [7, 11) is 1.34. The van der Waals surface area contributed by atoms with Gasteiger partial charge in [0.05, 0.1) is 7.11 Å². The van der Waals surface area contributed by atoms with Crippen molar-refractivity contribution >= 4 is 34.9 Å². The molecule has 0 heterocycles. The molecule has 0 radical (unpaired) electrons. The molecule has 1 atom stereocenters. The molecule has 2 rings (SSSR count). The fourth-order valence-corrected chi connectivity index (χ4v) is 2.41. The number of hydrogen-bond acceptors (Lipinski definition) is 3. The SMILES string of the molecule is COC(=O)C(Nc1ccccc1C)c1cc(Cl)ccc1Cl. The summed E-state index contributed by atoms with van der Waals surface area (Å²) in [5, 5.41) is 4.13. The topological polar surface area (TPSA) is 38.3 Å². The first-order valence-electron chi connectivity index (χ1n) is 6.38. The van der Waals surface area contributed by atoms with E-state index >= 15 is 0 Å². The second-order valence-corrected chi connectivity index (χ2v) is 5.42.